The molecule has 12 nitrogen and oxygen atoms in total. The number of carbonyl (C=O) groups excluding carboxylic acids is 3. The van der Waals surface area contributed by atoms with Crippen LogP contribution in [0.1, 0.15) is 43.7 Å². The topological polar surface area (TPSA) is 197 Å². The Morgan fingerprint density at radius 2 is 1.42 bits per heavy atom. The van der Waals surface area contributed by atoms with Gasteiger partial charge in [0.1, 0.15) is 11.4 Å². The number of amides is 3. The number of nitrogens with one attached hydrogen (secondary N) is 3. The molecule has 1 unspecified atom stereocenters. The van der Waals surface area contributed by atoms with Gasteiger partial charge in [-0.05, 0) is 56.2 Å². The Kier molecular flexibility index (Phi) is 9.25. The van der Waals surface area contributed by atoms with Crippen molar-refractivity contribution in [1.82, 2.24) is 10.6 Å². The van der Waals surface area contributed by atoms with Gasteiger partial charge in [-0.25, -0.2) is 4.79 Å². The molecule has 0 bridgehead atoms. The molecule has 0 spiro atoms. The van der Waals surface area contributed by atoms with Crippen LogP contribution in [0.15, 0.2) is 48.5 Å². The van der Waals surface area contributed by atoms with Crippen LogP contribution in [0.3, 0.4) is 0 Å². The SMILES string of the molecule is CC(C)(C)OC(=O)NC[C@@H](C(=O)NCC(C(N)=O)c1ccc(O)cc1)c1ccc(NS(=O)(=O)O)cc1. The van der Waals surface area contributed by atoms with E-state index in [1.54, 1.807) is 20.8 Å². The van der Waals surface area contributed by atoms with Gasteiger partial charge in [-0.2, -0.15) is 8.42 Å². The van der Waals surface area contributed by atoms with E-state index in [-0.39, 0.29) is 24.5 Å². The zero-order chi connectivity index (χ0) is 27.1. The quantitative estimate of drug-likeness (QED) is 0.253. The average molecular weight is 523 g/mol. The summed E-state index contributed by atoms with van der Waals surface area (Å²) in [5.41, 5.74) is 5.70. The Bertz CT molecular complexity index is 1180. The number of phenolic OH excluding ortho intramolecular Hbond substituents is 1. The lowest BCUT2D eigenvalue weighted by atomic mass is 9.95. The van der Waals surface area contributed by atoms with E-state index < -0.39 is 45.6 Å². The van der Waals surface area contributed by atoms with Crippen LogP contribution in [0.25, 0.3) is 0 Å². The number of hydrogen-bond acceptors (Lipinski definition) is 7. The van der Waals surface area contributed by atoms with Gasteiger partial charge < -0.3 is 26.2 Å². The molecular weight excluding hydrogens is 492 g/mol. The molecule has 3 amide bonds. The van der Waals surface area contributed by atoms with Gasteiger partial charge >= 0.3 is 16.4 Å². The van der Waals surface area contributed by atoms with Gasteiger partial charge in [0.05, 0.1) is 17.5 Å². The molecule has 2 aromatic carbocycles. The van der Waals surface area contributed by atoms with Crippen molar-refractivity contribution in [2.45, 2.75) is 38.2 Å². The smallest absolute Gasteiger partial charge is 0.407 e. The first-order valence-corrected chi connectivity index (χ1v) is 12.3. The summed E-state index contributed by atoms with van der Waals surface area (Å²) in [5.74, 6) is -3.07. The second kappa shape index (κ2) is 11.7. The zero-order valence-corrected chi connectivity index (χ0v) is 20.8. The van der Waals surface area contributed by atoms with Crippen LogP contribution in [0.5, 0.6) is 5.75 Å². The third-order valence-corrected chi connectivity index (χ3v) is 5.34. The molecule has 36 heavy (non-hydrogen) atoms. The van der Waals surface area contributed by atoms with Crippen LogP contribution < -0.4 is 21.1 Å². The van der Waals surface area contributed by atoms with Crippen molar-refractivity contribution in [2.24, 2.45) is 5.73 Å². The molecule has 7 N–H and O–H groups in total. The first kappa shape index (κ1) is 28.4. The number of phenols is 1. The lowest BCUT2D eigenvalue weighted by molar-refractivity contribution is -0.123. The first-order valence-electron chi connectivity index (χ1n) is 10.8. The average Bonchev–Trinajstić information content (AvgIpc) is 2.74. The molecule has 0 aliphatic carbocycles. The Morgan fingerprint density at radius 1 is 0.917 bits per heavy atom. The van der Waals surface area contributed by atoms with E-state index in [4.69, 9.17) is 15.0 Å². The van der Waals surface area contributed by atoms with Gasteiger partial charge in [0, 0.05) is 13.1 Å². The largest absolute Gasteiger partial charge is 0.508 e. The number of aromatic hydroxyl groups is 1. The molecule has 0 aliphatic rings. The monoisotopic (exact) mass is 522 g/mol. The number of benzene rings is 2. The fraction of sp³-hybridized carbons (Fsp3) is 0.348. The Balaban J connectivity index is 2.22. The number of alkyl carbamates (subject to hydrolysis) is 1. The van der Waals surface area contributed by atoms with E-state index in [1.807, 2.05) is 4.72 Å². The van der Waals surface area contributed by atoms with Crippen molar-refractivity contribution >= 4 is 33.9 Å². The van der Waals surface area contributed by atoms with Crippen molar-refractivity contribution in [1.29, 1.82) is 0 Å². The number of anilines is 1. The molecule has 2 aromatic rings. The lowest BCUT2D eigenvalue weighted by Gasteiger charge is -2.23. The molecule has 0 saturated heterocycles. The molecule has 196 valence electrons. The van der Waals surface area contributed by atoms with Crippen LogP contribution >= 0.6 is 0 Å². The minimum atomic E-state index is -4.48. The fourth-order valence-corrected chi connectivity index (χ4v) is 3.64. The van der Waals surface area contributed by atoms with Gasteiger partial charge in [0.25, 0.3) is 0 Å². The molecule has 13 heteroatoms. The number of ether oxygens (including phenoxy) is 1. The van der Waals surface area contributed by atoms with Crippen LogP contribution in [-0.2, 0) is 24.6 Å². The van der Waals surface area contributed by atoms with Crippen molar-refractivity contribution < 1.29 is 37.2 Å². The van der Waals surface area contributed by atoms with E-state index >= 15 is 0 Å². The summed E-state index contributed by atoms with van der Waals surface area (Å²) < 4.78 is 38.1. The molecule has 0 saturated carbocycles. The highest BCUT2D eigenvalue weighted by Gasteiger charge is 2.26. The zero-order valence-electron chi connectivity index (χ0n) is 20.0. The van der Waals surface area contributed by atoms with E-state index in [0.717, 1.165) is 0 Å². The minimum absolute atomic E-state index is 0.00576. The first-order chi connectivity index (χ1) is 16.6. The molecule has 2 rings (SSSR count). The maximum absolute atomic E-state index is 13.1. The predicted molar refractivity (Wildman–Crippen MR) is 132 cm³/mol. The summed E-state index contributed by atoms with van der Waals surface area (Å²) in [6, 6.07) is 11.4. The van der Waals surface area contributed by atoms with Gasteiger partial charge in [-0.15, -0.1) is 0 Å². The summed E-state index contributed by atoms with van der Waals surface area (Å²) in [7, 11) is -4.48. The molecule has 0 heterocycles. The Morgan fingerprint density at radius 3 is 1.92 bits per heavy atom. The number of rotatable bonds is 10. The highest BCUT2D eigenvalue weighted by atomic mass is 32.2. The van der Waals surface area contributed by atoms with Crippen LogP contribution in [0.4, 0.5) is 10.5 Å². The number of nitrogens with two attached hydrogens (primary N) is 1. The molecular formula is C23H30N4O8S. The summed E-state index contributed by atoms with van der Waals surface area (Å²) in [6.07, 6.45) is -0.746. The van der Waals surface area contributed by atoms with E-state index in [0.29, 0.717) is 11.1 Å². The molecule has 0 radical (unpaired) electrons. The van der Waals surface area contributed by atoms with E-state index in [2.05, 4.69) is 10.6 Å². The van der Waals surface area contributed by atoms with Crippen LogP contribution in [0, 0.1) is 0 Å². The summed E-state index contributed by atoms with van der Waals surface area (Å²) in [6.45, 7) is 4.73. The van der Waals surface area contributed by atoms with Gasteiger partial charge in [-0.1, -0.05) is 24.3 Å². The fourth-order valence-electron chi connectivity index (χ4n) is 3.21. The normalized spacial score (nSPS) is 13.2. The third-order valence-electron chi connectivity index (χ3n) is 4.85. The number of carbonyl (C=O) groups is 3. The van der Waals surface area contributed by atoms with Crippen LogP contribution in [-0.4, -0.2) is 54.7 Å². The van der Waals surface area contributed by atoms with Crippen LogP contribution in [0.2, 0.25) is 0 Å². The summed E-state index contributed by atoms with van der Waals surface area (Å²) in [5, 5.41) is 14.6. The maximum Gasteiger partial charge on any atom is 0.407 e. The second-order valence-corrected chi connectivity index (χ2v) is 10.1. The second-order valence-electron chi connectivity index (χ2n) is 8.93. The highest BCUT2D eigenvalue weighted by Crippen LogP contribution is 2.21. The maximum atomic E-state index is 13.1. The van der Waals surface area contributed by atoms with Crippen molar-refractivity contribution in [3.8, 4) is 5.75 Å². The number of hydrogen-bond donors (Lipinski definition) is 6. The van der Waals surface area contributed by atoms with Crippen molar-refractivity contribution in [2.75, 3.05) is 17.8 Å². The third kappa shape index (κ3) is 9.43. The van der Waals surface area contributed by atoms with Crippen molar-refractivity contribution in [3.63, 3.8) is 0 Å². The van der Waals surface area contributed by atoms with Gasteiger partial charge in [-0.3, -0.25) is 18.9 Å². The highest BCUT2D eigenvalue weighted by molar-refractivity contribution is 7.87. The molecule has 0 aliphatic heterocycles. The van der Waals surface area contributed by atoms with Gasteiger partial charge in [0.15, 0.2) is 0 Å². The summed E-state index contributed by atoms with van der Waals surface area (Å²) >= 11 is 0. The lowest BCUT2D eigenvalue weighted by Crippen LogP contribution is -2.41. The van der Waals surface area contributed by atoms with Gasteiger partial charge in [0.2, 0.25) is 11.8 Å². The molecule has 0 aromatic heterocycles. The summed E-state index contributed by atoms with van der Waals surface area (Å²) in [4.78, 5) is 37.3. The molecule has 2 atom stereocenters. The Hall–Kier alpha value is -3.84. The van der Waals surface area contributed by atoms with E-state index in [1.165, 1.54) is 48.5 Å². The minimum Gasteiger partial charge on any atom is -0.508 e. The van der Waals surface area contributed by atoms with E-state index in [9.17, 15) is 27.9 Å². The standard InChI is InChI=1S/C23H30N4O8S/c1-23(2,3)35-22(31)26-13-19(15-4-8-16(9-5-15)27-36(32,33)34)21(30)25-12-18(20(24)29)14-6-10-17(28)11-7-14/h4-11,18-19,27-28H,12-13H2,1-3H3,(H2,24,29)(H,25,30)(H,26,31)(H,32,33,34)/t18?,19-/m1/s1. The Labute approximate surface area is 209 Å². The molecule has 0 fully saturated rings. The van der Waals surface area contributed by atoms with Crippen molar-refractivity contribution in [3.05, 3.63) is 59.7 Å². The predicted octanol–water partition coefficient (Wildman–Crippen LogP) is 1.60. The number of primary amides is 1.